The van der Waals surface area contributed by atoms with Crippen LogP contribution >= 0.6 is 24.6 Å². The number of aryl methyl sites for hydroxylation is 1. The Morgan fingerprint density at radius 2 is 2.22 bits per heavy atom. The maximum Gasteiger partial charge on any atom is 0.271 e. The van der Waals surface area contributed by atoms with Gasteiger partial charge in [0.1, 0.15) is 0 Å². The van der Waals surface area contributed by atoms with Gasteiger partial charge in [-0.1, -0.05) is 0 Å². The Hall–Kier alpha value is -1.44. The lowest BCUT2D eigenvalue weighted by Gasteiger charge is -2.02. The van der Waals surface area contributed by atoms with Crippen molar-refractivity contribution in [3.05, 3.63) is 33.1 Å². The third-order valence-electron chi connectivity index (χ3n) is 2.55. The molecule has 0 radical (unpaired) electrons. The van der Waals surface area contributed by atoms with Crippen LogP contribution in [-0.4, -0.2) is 21.0 Å². The lowest BCUT2D eigenvalue weighted by Crippen LogP contribution is -2.05. The number of nitro groups is 1. The Kier molecular flexibility index (Phi) is 4.83. The number of nitro benzene ring substituents is 1. The molecule has 6 nitrogen and oxygen atoms in total. The van der Waals surface area contributed by atoms with Crippen LogP contribution in [0.5, 0.6) is 0 Å². The lowest BCUT2D eigenvalue weighted by molar-refractivity contribution is -0.384. The number of hydrogen-bond acceptors (Lipinski definition) is 4. The van der Waals surface area contributed by atoms with Gasteiger partial charge in [-0.05, 0) is 31.2 Å². The number of imidazole rings is 1. The molecular formula is C10H13ClN4O2S. The quantitative estimate of drug-likeness (QED) is 0.513. The molecular weight excluding hydrogens is 276 g/mol. The smallest absolute Gasteiger partial charge is 0.271 e. The number of benzene rings is 1. The Bertz CT molecular complexity index is 622. The zero-order valence-corrected chi connectivity index (χ0v) is 11.1. The predicted molar refractivity (Wildman–Crippen MR) is 74.7 cm³/mol. The molecule has 8 heteroatoms. The molecule has 0 saturated heterocycles. The third kappa shape index (κ3) is 2.69. The average molecular weight is 289 g/mol. The predicted octanol–water partition coefficient (Wildman–Crippen LogP) is 2.38. The van der Waals surface area contributed by atoms with E-state index in [-0.39, 0.29) is 18.1 Å². The van der Waals surface area contributed by atoms with Crippen molar-refractivity contribution in [1.82, 2.24) is 9.55 Å². The largest absolute Gasteiger partial charge is 0.330 e. The van der Waals surface area contributed by atoms with Gasteiger partial charge < -0.3 is 15.3 Å². The lowest BCUT2D eigenvalue weighted by atomic mass is 10.3. The second-order valence-electron chi connectivity index (χ2n) is 3.68. The van der Waals surface area contributed by atoms with Gasteiger partial charge in [-0.3, -0.25) is 10.1 Å². The summed E-state index contributed by atoms with van der Waals surface area (Å²) < 4.78 is 2.47. The second-order valence-corrected chi connectivity index (χ2v) is 4.07. The van der Waals surface area contributed by atoms with Crippen molar-refractivity contribution in [2.24, 2.45) is 5.73 Å². The van der Waals surface area contributed by atoms with E-state index in [9.17, 15) is 10.1 Å². The highest BCUT2D eigenvalue weighted by Gasteiger charge is 2.10. The zero-order chi connectivity index (χ0) is 12.4. The number of nitrogens with zero attached hydrogens (tertiary/aromatic N) is 2. The van der Waals surface area contributed by atoms with Crippen molar-refractivity contribution in [2.45, 2.75) is 13.0 Å². The fourth-order valence-corrected chi connectivity index (χ4v) is 2.04. The van der Waals surface area contributed by atoms with Gasteiger partial charge in [-0.25, -0.2) is 0 Å². The number of fused-ring (bicyclic) bond motifs is 1. The number of aromatic amines is 1. The van der Waals surface area contributed by atoms with E-state index in [0.29, 0.717) is 23.4 Å². The van der Waals surface area contributed by atoms with E-state index >= 15 is 0 Å². The molecule has 0 bridgehead atoms. The number of hydrogen-bond donors (Lipinski definition) is 2. The number of H-pyrrole nitrogens is 1. The molecule has 1 heterocycles. The van der Waals surface area contributed by atoms with Crippen LogP contribution in [0.1, 0.15) is 6.42 Å². The zero-order valence-electron chi connectivity index (χ0n) is 9.46. The fourth-order valence-electron chi connectivity index (χ4n) is 1.74. The molecule has 0 atom stereocenters. The molecule has 0 aliphatic rings. The summed E-state index contributed by atoms with van der Waals surface area (Å²) in [4.78, 5) is 13.2. The molecule has 1 aromatic carbocycles. The van der Waals surface area contributed by atoms with Crippen LogP contribution in [0.3, 0.4) is 0 Å². The molecule has 18 heavy (non-hydrogen) atoms. The molecule has 0 spiro atoms. The second kappa shape index (κ2) is 5.94. The summed E-state index contributed by atoms with van der Waals surface area (Å²) in [5, 5.41) is 10.7. The van der Waals surface area contributed by atoms with E-state index in [1.54, 1.807) is 6.07 Å². The Labute approximate surface area is 114 Å². The van der Waals surface area contributed by atoms with Gasteiger partial charge in [0.2, 0.25) is 0 Å². The van der Waals surface area contributed by atoms with Crippen LogP contribution < -0.4 is 5.73 Å². The van der Waals surface area contributed by atoms with Crippen molar-refractivity contribution in [3.63, 3.8) is 0 Å². The van der Waals surface area contributed by atoms with E-state index < -0.39 is 4.92 Å². The van der Waals surface area contributed by atoms with E-state index in [1.165, 1.54) is 12.1 Å². The molecule has 3 N–H and O–H groups in total. The number of aromatic nitrogens is 2. The summed E-state index contributed by atoms with van der Waals surface area (Å²) >= 11 is 5.17. The van der Waals surface area contributed by atoms with Crippen molar-refractivity contribution in [3.8, 4) is 0 Å². The summed E-state index contributed by atoms with van der Waals surface area (Å²) in [7, 11) is 0. The summed E-state index contributed by atoms with van der Waals surface area (Å²) in [5.41, 5.74) is 7.06. The minimum atomic E-state index is -0.423. The Morgan fingerprint density at radius 3 is 2.83 bits per heavy atom. The monoisotopic (exact) mass is 288 g/mol. The molecule has 0 unspecified atom stereocenters. The number of halogens is 1. The van der Waals surface area contributed by atoms with Crippen LogP contribution in [-0.2, 0) is 6.54 Å². The van der Waals surface area contributed by atoms with E-state index in [4.69, 9.17) is 18.0 Å². The van der Waals surface area contributed by atoms with Gasteiger partial charge >= 0.3 is 0 Å². The maximum absolute atomic E-state index is 10.7. The van der Waals surface area contributed by atoms with E-state index in [2.05, 4.69) is 4.98 Å². The van der Waals surface area contributed by atoms with Crippen molar-refractivity contribution in [2.75, 3.05) is 6.54 Å². The number of nitrogens with two attached hydrogens (primary N) is 1. The highest BCUT2D eigenvalue weighted by atomic mass is 35.5. The summed E-state index contributed by atoms with van der Waals surface area (Å²) in [5.74, 6) is 0. The molecule has 0 aliphatic carbocycles. The number of non-ortho nitro benzene ring substituents is 1. The molecule has 0 fully saturated rings. The maximum atomic E-state index is 10.7. The van der Waals surface area contributed by atoms with Crippen LogP contribution in [0.2, 0.25) is 0 Å². The molecule has 0 amide bonds. The molecule has 2 rings (SSSR count). The minimum absolute atomic E-state index is 0. The molecule has 2 aromatic rings. The first kappa shape index (κ1) is 14.6. The van der Waals surface area contributed by atoms with Crippen molar-refractivity contribution < 1.29 is 4.92 Å². The Morgan fingerprint density at radius 1 is 1.50 bits per heavy atom. The fraction of sp³-hybridized carbons (Fsp3) is 0.300. The van der Waals surface area contributed by atoms with Crippen molar-refractivity contribution >= 4 is 41.3 Å². The normalized spacial score (nSPS) is 10.3. The Balaban J connectivity index is 0.00000162. The molecule has 0 aliphatic heterocycles. The topological polar surface area (TPSA) is 89.9 Å². The average Bonchev–Trinajstić information content (AvgIpc) is 2.61. The van der Waals surface area contributed by atoms with E-state index in [0.717, 1.165) is 11.9 Å². The summed E-state index contributed by atoms with van der Waals surface area (Å²) in [6, 6.07) is 4.67. The van der Waals surface area contributed by atoms with Gasteiger partial charge in [0.25, 0.3) is 5.69 Å². The number of nitrogens with one attached hydrogen (secondary N) is 1. The SMILES string of the molecule is Cl.NCCCn1c(=S)[nH]c2cc([N+](=O)[O-])ccc21. The molecule has 0 saturated carbocycles. The molecule has 98 valence electrons. The van der Waals surface area contributed by atoms with Gasteiger partial charge in [0.05, 0.1) is 16.0 Å². The van der Waals surface area contributed by atoms with Gasteiger partial charge in [0, 0.05) is 18.7 Å². The van der Waals surface area contributed by atoms with Gasteiger partial charge in [-0.2, -0.15) is 0 Å². The van der Waals surface area contributed by atoms with Crippen LogP contribution in [0.4, 0.5) is 5.69 Å². The number of rotatable bonds is 4. The van der Waals surface area contributed by atoms with E-state index in [1.807, 2.05) is 4.57 Å². The highest BCUT2D eigenvalue weighted by molar-refractivity contribution is 7.71. The minimum Gasteiger partial charge on any atom is -0.330 e. The summed E-state index contributed by atoms with van der Waals surface area (Å²) in [6.45, 7) is 1.30. The van der Waals surface area contributed by atoms with Gasteiger partial charge in [0.15, 0.2) is 4.77 Å². The first-order chi connectivity index (χ1) is 8.13. The van der Waals surface area contributed by atoms with Crippen LogP contribution in [0.15, 0.2) is 18.2 Å². The molecule has 1 aromatic heterocycles. The van der Waals surface area contributed by atoms with Crippen LogP contribution in [0.25, 0.3) is 11.0 Å². The van der Waals surface area contributed by atoms with Gasteiger partial charge in [-0.15, -0.1) is 12.4 Å². The van der Waals surface area contributed by atoms with Crippen molar-refractivity contribution in [1.29, 1.82) is 0 Å². The third-order valence-corrected chi connectivity index (χ3v) is 2.88. The first-order valence-corrected chi connectivity index (χ1v) is 5.61. The highest BCUT2D eigenvalue weighted by Crippen LogP contribution is 2.20. The first-order valence-electron chi connectivity index (χ1n) is 5.20. The standard InChI is InChI=1S/C10H12N4O2S.ClH/c11-4-1-5-13-9-3-2-7(14(15)16)6-8(9)12-10(13)17;/h2-3,6H,1,4-5,11H2,(H,12,17);1H. The van der Waals surface area contributed by atoms with Crippen LogP contribution in [0, 0.1) is 14.9 Å². The summed E-state index contributed by atoms with van der Waals surface area (Å²) in [6.07, 6.45) is 0.818.